The van der Waals surface area contributed by atoms with Gasteiger partial charge in [-0.25, -0.2) is 0 Å². The molecule has 0 bridgehead atoms. The number of pyridine rings is 1. The van der Waals surface area contributed by atoms with Crippen molar-refractivity contribution in [3.63, 3.8) is 0 Å². The number of nitrogens with zero attached hydrogens (tertiary/aromatic N) is 1. The minimum absolute atomic E-state index is 0.0112. The van der Waals surface area contributed by atoms with Gasteiger partial charge in [-0.1, -0.05) is 11.6 Å². The Morgan fingerprint density at radius 3 is 2.86 bits per heavy atom. The van der Waals surface area contributed by atoms with Crippen LogP contribution in [-0.4, -0.2) is 35.0 Å². The van der Waals surface area contributed by atoms with Gasteiger partial charge in [-0.05, 0) is 61.9 Å². The van der Waals surface area contributed by atoms with Crippen molar-refractivity contribution < 1.29 is 13.9 Å². The van der Waals surface area contributed by atoms with Gasteiger partial charge in [-0.15, -0.1) is 0 Å². The van der Waals surface area contributed by atoms with Crippen LogP contribution in [0.3, 0.4) is 0 Å². The van der Waals surface area contributed by atoms with Crippen LogP contribution < -0.4 is 5.56 Å². The topological polar surface area (TPSA) is 75.5 Å². The third-order valence-corrected chi connectivity index (χ3v) is 5.20. The Kier molecular flexibility index (Phi) is 5.05. The molecule has 6 nitrogen and oxygen atoms in total. The van der Waals surface area contributed by atoms with E-state index in [0.717, 1.165) is 34.9 Å². The van der Waals surface area contributed by atoms with E-state index >= 15 is 0 Å². The number of aromatic amines is 1. The Hall–Kier alpha value is -2.86. The highest BCUT2D eigenvalue weighted by Gasteiger charge is 2.25. The van der Waals surface area contributed by atoms with Crippen LogP contribution in [0, 0.1) is 13.8 Å². The molecule has 6 heteroatoms. The van der Waals surface area contributed by atoms with Gasteiger partial charge in [0.05, 0.1) is 24.4 Å². The van der Waals surface area contributed by atoms with Gasteiger partial charge in [0.15, 0.2) is 5.76 Å². The van der Waals surface area contributed by atoms with E-state index in [9.17, 15) is 9.59 Å². The van der Waals surface area contributed by atoms with Gasteiger partial charge in [0.2, 0.25) is 0 Å². The Balaban J connectivity index is 1.68. The van der Waals surface area contributed by atoms with Crippen LogP contribution in [0.25, 0.3) is 10.9 Å². The molecule has 146 valence electrons. The Morgan fingerprint density at radius 2 is 2.14 bits per heavy atom. The second kappa shape index (κ2) is 7.64. The van der Waals surface area contributed by atoms with Crippen LogP contribution in [0.1, 0.15) is 40.1 Å². The summed E-state index contributed by atoms with van der Waals surface area (Å²) in [6.45, 7) is 5.36. The second-order valence-electron chi connectivity index (χ2n) is 7.47. The molecule has 1 aliphatic rings. The van der Waals surface area contributed by atoms with Crippen LogP contribution in [0.5, 0.6) is 0 Å². The van der Waals surface area contributed by atoms with Crippen molar-refractivity contribution in [2.75, 3.05) is 13.2 Å². The zero-order valence-electron chi connectivity index (χ0n) is 16.2. The zero-order valence-corrected chi connectivity index (χ0v) is 16.2. The number of aromatic nitrogens is 1. The fourth-order valence-corrected chi connectivity index (χ4v) is 3.86. The van der Waals surface area contributed by atoms with Crippen molar-refractivity contribution in [3.8, 4) is 0 Å². The molecule has 1 unspecified atom stereocenters. The average Bonchev–Trinajstić information content (AvgIpc) is 3.35. The number of rotatable bonds is 5. The monoisotopic (exact) mass is 380 g/mol. The van der Waals surface area contributed by atoms with E-state index in [1.54, 1.807) is 17.0 Å². The number of aryl methyl sites for hydroxylation is 2. The first kappa shape index (κ1) is 18.5. The van der Waals surface area contributed by atoms with E-state index in [4.69, 9.17) is 9.15 Å². The summed E-state index contributed by atoms with van der Waals surface area (Å²) in [6.07, 6.45) is 3.37. The second-order valence-corrected chi connectivity index (χ2v) is 7.47. The number of amides is 1. The average molecular weight is 380 g/mol. The molecule has 1 atom stereocenters. The Labute approximate surface area is 163 Å². The van der Waals surface area contributed by atoms with Crippen molar-refractivity contribution in [2.45, 2.75) is 39.3 Å². The lowest BCUT2D eigenvalue weighted by atomic mass is 10.0. The molecular formula is C22H24N2O4. The molecule has 1 fully saturated rings. The molecule has 0 saturated carbocycles. The third-order valence-electron chi connectivity index (χ3n) is 5.20. The number of nitrogens with one attached hydrogen (secondary N) is 1. The molecular weight excluding hydrogens is 356 g/mol. The van der Waals surface area contributed by atoms with E-state index in [2.05, 4.69) is 4.98 Å². The highest BCUT2D eigenvalue weighted by Crippen LogP contribution is 2.20. The summed E-state index contributed by atoms with van der Waals surface area (Å²) in [6, 6.07) is 9.29. The van der Waals surface area contributed by atoms with E-state index in [-0.39, 0.29) is 29.9 Å². The van der Waals surface area contributed by atoms with E-state index in [0.29, 0.717) is 18.7 Å². The maximum atomic E-state index is 12.9. The van der Waals surface area contributed by atoms with Crippen LogP contribution in [0.4, 0.5) is 0 Å². The molecule has 0 spiro atoms. The summed E-state index contributed by atoms with van der Waals surface area (Å²) in [5.74, 6) is 0.0299. The van der Waals surface area contributed by atoms with Crippen molar-refractivity contribution in [2.24, 2.45) is 0 Å². The molecule has 0 aliphatic carbocycles. The summed E-state index contributed by atoms with van der Waals surface area (Å²) in [5.41, 5.74) is 3.37. The number of carbonyl (C=O) groups is 1. The lowest BCUT2D eigenvalue weighted by molar-refractivity contribution is 0.0483. The van der Waals surface area contributed by atoms with Gasteiger partial charge in [-0.2, -0.15) is 0 Å². The highest BCUT2D eigenvalue weighted by atomic mass is 16.5. The third kappa shape index (κ3) is 3.73. The Morgan fingerprint density at radius 1 is 1.29 bits per heavy atom. The molecule has 28 heavy (non-hydrogen) atoms. The fourth-order valence-electron chi connectivity index (χ4n) is 3.86. The zero-order chi connectivity index (χ0) is 19.7. The first-order valence-electron chi connectivity index (χ1n) is 9.59. The summed E-state index contributed by atoms with van der Waals surface area (Å²) in [7, 11) is 0. The highest BCUT2D eigenvalue weighted by molar-refractivity contribution is 5.91. The molecule has 0 radical (unpaired) electrons. The van der Waals surface area contributed by atoms with E-state index in [1.165, 1.54) is 6.26 Å². The quantitative estimate of drug-likeness (QED) is 0.734. The number of H-pyrrole nitrogens is 1. The first-order chi connectivity index (χ1) is 13.5. The number of ether oxygens (including phenoxy) is 1. The molecule has 1 saturated heterocycles. The van der Waals surface area contributed by atoms with Crippen molar-refractivity contribution >= 4 is 16.8 Å². The number of benzene rings is 1. The molecule has 4 rings (SSSR count). The number of carbonyl (C=O) groups excluding carboxylic acids is 1. The van der Waals surface area contributed by atoms with Gasteiger partial charge in [0, 0.05) is 18.7 Å². The Bertz CT molecular complexity index is 1050. The van der Waals surface area contributed by atoms with E-state index < -0.39 is 0 Å². The number of furan rings is 1. The number of fused-ring (bicyclic) bond motifs is 1. The van der Waals surface area contributed by atoms with Crippen LogP contribution >= 0.6 is 0 Å². The van der Waals surface area contributed by atoms with Gasteiger partial charge in [0.1, 0.15) is 0 Å². The number of hydrogen-bond acceptors (Lipinski definition) is 4. The molecule has 3 aromatic rings. The van der Waals surface area contributed by atoms with Gasteiger partial charge in [0.25, 0.3) is 11.5 Å². The standard InChI is InChI=1S/C22H24N2O4/c1-14-9-15(2)20-16(10-14)11-17(21(25)23-20)12-24(13-18-5-3-7-27-18)22(26)19-6-4-8-28-19/h4,6,8-11,18H,3,5,7,12-13H2,1-2H3,(H,23,25). The van der Waals surface area contributed by atoms with Crippen molar-refractivity contribution in [1.82, 2.24) is 9.88 Å². The van der Waals surface area contributed by atoms with Crippen LogP contribution in [0.2, 0.25) is 0 Å². The first-order valence-corrected chi connectivity index (χ1v) is 9.59. The van der Waals surface area contributed by atoms with Crippen molar-refractivity contribution in [1.29, 1.82) is 0 Å². The summed E-state index contributed by atoms with van der Waals surface area (Å²) >= 11 is 0. The summed E-state index contributed by atoms with van der Waals surface area (Å²) in [5, 5.41) is 0.967. The molecule has 1 aliphatic heterocycles. The minimum Gasteiger partial charge on any atom is -0.459 e. The molecule has 3 heterocycles. The van der Waals surface area contributed by atoms with Gasteiger partial charge < -0.3 is 19.0 Å². The molecule has 2 aromatic heterocycles. The smallest absolute Gasteiger partial charge is 0.289 e. The van der Waals surface area contributed by atoms with Gasteiger partial charge in [-0.3, -0.25) is 9.59 Å². The predicted octanol–water partition coefficient (Wildman–Crippen LogP) is 3.56. The molecule has 1 aromatic carbocycles. The minimum atomic E-state index is -0.236. The van der Waals surface area contributed by atoms with Crippen LogP contribution in [0.15, 0.2) is 45.8 Å². The maximum absolute atomic E-state index is 12.9. The largest absolute Gasteiger partial charge is 0.459 e. The lowest BCUT2D eigenvalue weighted by Crippen LogP contribution is -2.38. The van der Waals surface area contributed by atoms with Crippen molar-refractivity contribution in [3.05, 3.63) is 69.4 Å². The lowest BCUT2D eigenvalue weighted by Gasteiger charge is -2.24. The van der Waals surface area contributed by atoms with E-state index in [1.807, 2.05) is 32.0 Å². The number of hydrogen-bond donors (Lipinski definition) is 1. The molecule has 1 amide bonds. The molecule has 1 N–H and O–H groups in total. The van der Waals surface area contributed by atoms with Crippen LogP contribution in [-0.2, 0) is 11.3 Å². The normalized spacial score (nSPS) is 16.6. The predicted molar refractivity (Wildman–Crippen MR) is 106 cm³/mol. The maximum Gasteiger partial charge on any atom is 0.289 e. The fraction of sp³-hybridized carbons (Fsp3) is 0.364. The summed E-state index contributed by atoms with van der Waals surface area (Å²) in [4.78, 5) is 30.3. The van der Waals surface area contributed by atoms with Gasteiger partial charge >= 0.3 is 0 Å². The summed E-state index contributed by atoms with van der Waals surface area (Å²) < 4.78 is 11.0. The SMILES string of the molecule is Cc1cc(C)c2[nH]c(=O)c(CN(CC3CCCO3)C(=O)c3ccco3)cc2c1.